The molecule has 0 bridgehead atoms. The van der Waals surface area contributed by atoms with E-state index < -0.39 is 0 Å². The summed E-state index contributed by atoms with van der Waals surface area (Å²) in [7, 11) is 0. The molecule has 0 saturated heterocycles. The van der Waals surface area contributed by atoms with Crippen LogP contribution in [0, 0.1) is 6.92 Å². The fraction of sp³-hybridized carbons (Fsp3) is 0.545. The molecule has 6 nitrogen and oxygen atoms in total. The van der Waals surface area contributed by atoms with E-state index >= 15 is 0 Å². The molecule has 2 rings (SSSR count). The number of nitrogens with zero attached hydrogens (tertiary/aromatic N) is 4. The van der Waals surface area contributed by atoms with Gasteiger partial charge in [-0.05, 0) is 38.4 Å². The zero-order valence-corrected chi connectivity index (χ0v) is 11.6. The first kappa shape index (κ1) is 13.1. The first-order valence-electron chi connectivity index (χ1n) is 5.90. The van der Waals surface area contributed by atoms with Crippen molar-refractivity contribution in [2.45, 2.75) is 39.3 Å². The van der Waals surface area contributed by atoms with Gasteiger partial charge in [0.2, 0.25) is 0 Å². The van der Waals surface area contributed by atoms with E-state index in [9.17, 15) is 0 Å². The highest BCUT2D eigenvalue weighted by molar-refractivity contribution is 7.05. The maximum Gasteiger partial charge on any atom is 0.0773 e. The highest BCUT2D eigenvalue weighted by atomic mass is 32.1. The Labute approximate surface area is 110 Å². The Balaban J connectivity index is 2.13. The number of rotatable bonds is 5. The Morgan fingerprint density at radius 3 is 2.78 bits per heavy atom. The van der Waals surface area contributed by atoms with Crippen molar-refractivity contribution in [1.29, 1.82) is 0 Å². The number of hydrogen-bond donors (Lipinski definition) is 2. The lowest BCUT2D eigenvalue weighted by atomic mass is 10.1. The molecule has 1 unspecified atom stereocenters. The van der Waals surface area contributed by atoms with Crippen molar-refractivity contribution in [3.63, 3.8) is 0 Å². The van der Waals surface area contributed by atoms with E-state index in [0.717, 1.165) is 22.7 Å². The van der Waals surface area contributed by atoms with Crippen LogP contribution < -0.4 is 11.3 Å². The van der Waals surface area contributed by atoms with Crippen LogP contribution in [0.25, 0.3) is 0 Å². The molecule has 18 heavy (non-hydrogen) atoms. The maximum absolute atomic E-state index is 5.61. The van der Waals surface area contributed by atoms with Crippen LogP contribution in [0.5, 0.6) is 0 Å². The molecular formula is C11H18N6S. The predicted molar refractivity (Wildman–Crippen MR) is 71.0 cm³/mol. The van der Waals surface area contributed by atoms with Gasteiger partial charge in [0.05, 0.1) is 22.3 Å². The minimum Gasteiger partial charge on any atom is -0.271 e. The molecule has 98 valence electrons. The number of hydrogen-bond acceptors (Lipinski definition) is 6. The third-order valence-corrected chi connectivity index (χ3v) is 3.75. The molecule has 2 aromatic heterocycles. The van der Waals surface area contributed by atoms with Crippen molar-refractivity contribution in [3.05, 3.63) is 28.5 Å². The molecule has 1 atom stereocenters. The van der Waals surface area contributed by atoms with E-state index in [1.807, 2.05) is 23.9 Å². The first-order valence-corrected chi connectivity index (χ1v) is 6.68. The van der Waals surface area contributed by atoms with Crippen LogP contribution in [0.1, 0.15) is 42.2 Å². The van der Waals surface area contributed by atoms with E-state index in [1.54, 1.807) is 0 Å². The maximum atomic E-state index is 5.61. The van der Waals surface area contributed by atoms with Gasteiger partial charge in [0.1, 0.15) is 0 Å². The highest BCUT2D eigenvalue weighted by Crippen LogP contribution is 2.22. The summed E-state index contributed by atoms with van der Waals surface area (Å²) >= 11 is 1.38. The smallest absolute Gasteiger partial charge is 0.0773 e. The van der Waals surface area contributed by atoms with Crippen molar-refractivity contribution >= 4 is 11.5 Å². The van der Waals surface area contributed by atoms with Crippen molar-refractivity contribution in [3.8, 4) is 0 Å². The predicted octanol–water partition coefficient (Wildman–Crippen LogP) is 1.37. The van der Waals surface area contributed by atoms with Crippen LogP contribution >= 0.6 is 11.5 Å². The van der Waals surface area contributed by atoms with E-state index in [0.29, 0.717) is 6.04 Å². The van der Waals surface area contributed by atoms with Crippen LogP contribution in [0.4, 0.5) is 0 Å². The fourth-order valence-electron chi connectivity index (χ4n) is 1.77. The van der Waals surface area contributed by atoms with Crippen LogP contribution in [0.15, 0.2) is 12.3 Å². The van der Waals surface area contributed by atoms with Gasteiger partial charge in [-0.2, -0.15) is 5.10 Å². The van der Waals surface area contributed by atoms with E-state index in [1.165, 1.54) is 11.5 Å². The summed E-state index contributed by atoms with van der Waals surface area (Å²) in [5.74, 6) is 5.61. The second kappa shape index (κ2) is 5.55. The van der Waals surface area contributed by atoms with Crippen LogP contribution in [-0.2, 0) is 6.42 Å². The second-order valence-electron chi connectivity index (χ2n) is 4.53. The normalized spacial score (nSPS) is 13.2. The lowest BCUT2D eigenvalue weighted by molar-refractivity contribution is 0.508. The van der Waals surface area contributed by atoms with Crippen LogP contribution in [0.3, 0.4) is 0 Å². The summed E-state index contributed by atoms with van der Waals surface area (Å²) < 4.78 is 5.88. The molecule has 0 spiro atoms. The number of nitrogens with one attached hydrogen (secondary N) is 1. The van der Waals surface area contributed by atoms with Gasteiger partial charge >= 0.3 is 0 Å². The molecule has 2 aromatic rings. The molecule has 0 fully saturated rings. The minimum absolute atomic E-state index is 0.0144. The standard InChI is InChI=1S/C11H18N6S/c1-7(2)17-5-4-9(15-17)6-10(13-12)11-8(3)14-16-18-11/h4-5,7,10,13H,6,12H2,1-3H3. The third-order valence-electron chi connectivity index (χ3n) is 2.81. The van der Waals surface area contributed by atoms with Crippen LogP contribution in [-0.4, -0.2) is 19.4 Å². The number of aromatic nitrogens is 4. The topological polar surface area (TPSA) is 81.7 Å². The summed E-state index contributed by atoms with van der Waals surface area (Å²) in [5, 5.41) is 8.53. The molecule has 0 amide bonds. The molecule has 0 aromatic carbocycles. The Morgan fingerprint density at radius 2 is 2.28 bits per heavy atom. The monoisotopic (exact) mass is 266 g/mol. The van der Waals surface area contributed by atoms with Gasteiger partial charge in [-0.25, -0.2) is 0 Å². The van der Waals surface area contributed by atoms with Crippen molar-refractivity contribution in [2.24, 2.45) is 5.84 Å². The molecular weight excluding hydrogens is 248 g/mol. The van der Waals surface area contributed by atoms with Gasteiger partial charge < -0.3 is 0 Å². The van der Waals surface area contributed by atoms with Gasteiger partial charge in [0, 0.05) is 18.7 Å². The summed E-state index contributed by atoms with van der Waals surface area (Å²) in [6, 6.07) is 2.41. The summed E-state index contributed by atoms with van der Waals surface area (Å²) in [6.07, 6.45) is 2.73. The van der Waals surface area contributed by atoms with Gasteiger partial charge in [-0.1, -0.05) is 4.49 Å². The molecule has 0 aliphatic carbocycles. The fourth-order valence-corrected chi connectivity index (χ4v) is 2.47. The molecule has 3 N–H and O–H groups in total. The van der Waals surface area contributed by atoms with E-state index in [4.69, 9.17) is 5.84 Å². The summed E-state index contributed by atoms with van der Waals surface area (Å²) in [6.45, 7) is 6.15. The molecule has 0 aliphatic heterocycles. The molecule has 0 radical (unpaired) electrons. The van der Waals surface area contributed by atoms with Crippen molar-refractivity contribution in [1.82, 2.24) is 24.8 Å². The van der Waals surface area contributed by atoms with Crippen LogP contribution in [0.2, 0.25) is 0 Å². The average Bonchev–Trinajstić information content (AvgIpc) is 2.95. The Bertz CT molecular complexity index is 503. The zero-order chi connectivity index (χ0) is 13.1. The Hall–Kier alpha value is -1.31. The second-order valence-corrected chi connectivity index (χ2v) is 5.31. The van der Waals surface area contributed by atoms with E-state index in [2.05, 4.69) is 34.0 Å². The lowest BCUT2D eigenvalue weighted by Gasteiger charge is -2.12. The first-order chi connectivity index (χ1) is 8.61. The minimum atomic E-state index is 0.0144. The molecule has 7 heteroatoms. The zero-order valence-electron chi connectivity index (χ0n) is 10.8. The number of aryl methyl sites for hydroxylation is 1. The van der Waals surface area contributed by atoms with Crippen molar-refractivity contribution in [2.75, 3.05) is 0 Å². The third kappa shape index (κ3) is 2.74. The van der Waals surface area contributed by atoms with E-state index in [-0.39, 0.29) is 6.04 Å². The van der Waals surface area contributed by atoms with Crippen molar-refractivity contribution < 1.29 is 0 Å². The quantitative estimate of drug-likeness (QED) is 0.631. The summed E-state index contributed by atoms with van der Waals surface area (Å²) in [4.78, 5) is 1.07. The van der Waals surface area contributed by atoms with Gasteiger partial charge in [-0.15, -0.1) is 5.10 Å². The SMILES string of the molecule is Cc1nnsc1C(Cc1ccn(C(C)C)n1)NN. The van der Waals surface area contributed by atoms with Gasteiger partial charge in [0.15, 0.2) is 0 Å². The van der Waals surface area contributed by atoms with Gasteiger partial charge in [0.25, 0.3) is 0 Å². The molecule has 0 aliphatic rings. The lowest BCUT2D eigenvalue weighted by Crippen LogP contribution is -2.29. The number of hydrazine groups is 1. The highest BCUT2D eigenvalue weighted by Gasteiger charge is 2.17. The largest absolute Gasteiger partial charge is 0.271 e. The van der Waals surface area contributed by atoms with Gasteiger partial charge in [-0.3, -0.25) is 16.0 Å². The average molecular weight is 266 g/mol. The Morgan fingerprint density at radius 1 is 1.50 bits per heavy atom. The summed E-state index contributed by atoms with van der Waals surface area (Å²) in [5.41, 5.74) is 4.75. The molecule has 0 saturated carbocycles. The molecule has 2 heterocycles. The number of nitrogens with two attached hydrogens (primary N) is 1. The Kier molecular flexibility index (Phi) is 4.05.